The number of rotatable bonds is 5. The smallest absolute Gasteiger partial charge is 0.416 e. The maximum Gasteiger partial charge on any atom is 0.416 e. The maximum absolute atomic E-state index is 12.9. The van der Waals surface area contributed by atoms with Crippen LogP contribution < -0.4 is 4.74 Å². The van der Waals surface area contributed by atoms with Crippen LogP contribution in [0.1, 0.15) is 30.9 Å². The Hall–Kier alpha value is -3.01. The molecule has 0 aliphatic heterocycles. The summed E-state index contributed by atoms with van der Waals surface area (Å²) in [6.07, 6.45) is -4.57. The Morgan fingerprint density at radius 3 is 2.31 bits per heavy atom. The predicted molar refractivity (Wildman–Crippen MR) is 87.6 cm³/mol. The molecule has 0 aliphatic carbocycles. The number of nitrogens with zero attached hydrogens (tertiary/aromatic N) is 1. The van der Waals surface area contributed by atoms with Gasteiger partial charge in [-0.25, -0.2) is 0 Å². The van der Waals surface area contributed by atoms with E-state index >= 15 is 0 Å². The summed E-state index contributed by atoms with van der Waals surface area (Å²) in [5.41, 5.74) is -2.44. The summed E-state index contributed by atoms with van der Waals surface area (Å²) in [6, 6.07) is 11.5. The molecule has 2 aromatic rings. The number of Topliss-reactive ketones (excluding diaryl/α,β-unsaturated/α-hetero) is 1. The second-order valence-corrected chi connectivity index (χ2v) is 6.16. The van der Waals surface area contributed by atoms with Crippen LogP contribution in [0.5, 0.6) is 11.5 Å². The van der Waals surface area contributed by atoms with Crippen LogP contribution in [0.3, 0.4) is 0 Å². The monoisotopic (exact) mass is 363 g/mol. The van der Waals surface area contributed by atoms with Crippen molar-refractivity contribution in [3.63, 3.8) is 0 Å². The first-order valence-electron chi connectivity index (χ1n) is 7.64. The standard InChI is InChI=1S/C19H16F3NO3/c1-18(2,26-15-8-6-14(24)7-9-15)17(25)16(11-23)12-4-3-5-13(10-12)19(20,21)22/h3-10,16,24H,1-2H3. The molecule has 2 aromatic carbocycles. The van der Waals surface area contributed by atoms with Crippen LogP contribution in [0.2, 0.25) is 0 Å². The third-order valence-corrected chi connectivity index (χ3v) is 3.74. The van der Waals surface area contributed by atoms with Crippen molar-refractivity contribution in [2.75, 3.05) is 0 Å². The van der Waals surface area contributed by atoms with Crippen molar-refractivity contribution < 1.29 is 27.8 Å². The number of hydrogen-bond donors (Lipinski definition) is 1. The highest BCUT2D eigenvalue weighted by Gasteiger charge is 2.38. The largest absolute Gasteiger partial charge is 0.508 e. The Bertz CT molecular complexity index is 836. The Kier molecular flexibility index (Phi) is 5.26. The van der Waals surface area contributed by atoms with Gasteiger partial charge in [0.15, 0.2) is 11.4 Å². The summed E-state index contributed by atoms with van der Waals surface area (Å²) in [5, 5.41) is 18.6. The van der Waals surface area contributed by atoms with Gasteiger partial charge in [0.05, 0.1) is 11.6 Å². The third-order valence-electron chi connectivity index (χ3n) is 3.74. The fourth-order valence-electron chi connectivity index (χ4n) is 2.39. The van der Waals surface area contributed by atoms with E-state index < -0.39 is 29.0 Å². The van der Waals surface area contributed by atoms with E-state index in [0.717, 1.165) is 18.2 Å². The fourth-order valence-corrected chi connectivity index (χ4v) is 2.39. The SMILES string of the molecule is CC(C)(Oc1ccc(O)cc1)C(=O)C(C#N)c1cccc(C(F)(F)F)c1. The van der Waals surface area contributed by atoms with Crippen LogP contribution in [0.25, 0.3) is 0 Å². The molecule has 1 unspecified atom stereocenters. The van der Waals surface area contributed by atoms with Crippen molar-refractivity contribution in [1.29, 1.82) is 5.26 Å². The van der Waals surface area contributed by atoms with Gasteiger partial charge < -0.3 is 9.84 Å². The number of aromatic hydroxyl groups is 1. The van der Waals surface area contributed by atoms with Crippen LogP contribution in [-0.4, -0.2) is 16.5 Å². The van der Waals surface area contributed by atoms with E-state index in [9.17, 15) is 28.3 Å². The summed E-state index contributed by atoms with van der Waals surface area (Å²) in [7, 11) is 0. The highest BCUT2D eigenvalue weighted by atomic mass is 19.4. The summed E-state index contributed by atoms with van der Waals surface area (Å²) < 4.78 is 44.2. The number of carbonyl (C=O) groups excluding carboxylic acids is 1. The third kappa shape index (κ3) is 4.33. The number of halogens is 3. The highest BCUT2D eigenvalue weighted by Crippen LogP contribution is 2.33. The Balaban J connectivity index is 2.30. The molecule has 0 saturated heterocycles. The first-order chi connectivity index (χ1) is 12.0. The minimum absolute atomic E-state index is 0.0142. The average molecular weight is 363 g/mol. The summed E-state index contributed by atoms with van der Waals surface area (Å²) in [5.74, 6) is -1.79. The molecular formula is C19H16F3NO3. The molecule has 136 valence electrons. The molecule has 0 bridgehead atoms. The molecule has 0 amide bonds. The number of phenolic OH excluding ortho intramolecular Hbond substituents is 1. The van der Waals surface area contributed by atoms with E-state index in [2.05, 4.69) is 0 Å². The van der Waals surface area contributed by atoms with E-state index in [4.69, 9.17) is 4.74 Å². The second-order valence-electron chi connectivity index (χ2n) is 6.16. The van der Waals surface area contributed by atoms with Crippen molar-refractivity contribution in [3.05, 3.63) is 59.7 Å². The van der Waals surface area contributed by atoms with Gasteiger partial charge in [0.25, 0.3) is 0 Å². The molecule has 7 heteroatoms. The number of ether oxygens (including phenoxy) is 1. The van der Waals surface area contributed by atoms with Gasteiger partial charge in [0, 0.05) is 0 Å². The van der Waals surface area contributed by atoms with Crippen molar-refractivity contribution in [3.8, 4) is 17.6 Å². The summed E-state index contributed by atoms with van der Waals surface area (Å²) in [4.78, 5) is 12.8. The van der Waals surface area contributed by atoms with E-state index in [-0.39, 0.29) is 17.1 Å². The number of benzene rings is 2. The van der Waals surface area contributed by atoms with Gasteiger partial charge in [0.2, 0.25) is 0 Å². The second kappa shape index (κ2) is 7.08. The van der Waals surface area contributed by atoms with Gasteiger partial charge in [-0.05, 0) is 49.7 Å². The number of carbonyl (C=O) groups is 1. The fraction of sp³-hybridized carbons (Fsp3) is 0.263. The van der Waals surface area contributed by atoms with Crippen LogP contribution in [-0.2, 0) is 11.0 Å². The minimum atomic E-state index is -4.57. The van der Waals surface area contributed by atoms with Crippen molar-refractivity contribution in [2.24, 2.45) is 0 Å². The molecule has 1 N–H and O–H groups in total. The zero-order valence-electron chi connectivity index (χ0n) is 14.0. The Morgan fingerprint density at radius 2 is 1.77 bits per heavy atom. The predicted octanol–water partition coefficient (Wildman–Crippen LogP) is 4.44. The first kappa shape index (κ1) is 19.3. The quantitative estimate of drug-likeness (QED) is 0.852. The van der Waals surface area contributed by atoms with E-state index in [0.29, 0.717) is 0 Å². The molecule has 0 heterocycles. The lowest BCUT2D eigenvalue weighted by Gasteiger charge is -2.27. The zero-order valence-corrected chi connectivity index (χ0v) is 14.0. The molecule has 0 radical (unpaired) electrons. The number of hydrogen-bond acceptors (Lipinski definition) is 4. The van der Waals surface area contributed by atoms with Crippen LogP contribution in [0, 0.1) is 11.3 Å². The molecule has 0 saturated carbocycles. The number of nitriles is 1. The topological polar surface area (TPSA) is 70.3 Å². The van der Waals surface area contributed by atoms with Crippen molar-refractivity contribution >= 4 is 5.78 Å². The number of phenols is 1. The molecule has 26 heavy (non-hydrogen) atoms. The van der Waals surface area contributed by atoms with Gasteiger partial charge in [-0.1, -0.05) is 18.2 Å². The number of ketones is 1. The molecule has 2 rings (SSSR count). The Morgan fingerprint density at radius 1 is 1.15 bits per heavy atom. The molecule has 0 aliphatic rings. The van der Waals surface area contributed by atoms with E-state index in [1.54, 1.807) is 6.07 Å². The Labute approximate surface area is 148 Å². The highest BCUT2D eigenvalue weighted by molar-refractivity contribution is 5.95. The minimum Gasteiger partial charge on any atom is -0.508 e. The van der Waals surface area contributed by atoms with Gasteiger partial charge in [-0.15, -0.1) is 0 Å². The molecular weight excluding hydrogens is 347 g/mol. The van der Waals surface area contributed by atoms with Crippen LogP contribution in [0.15, 0.2) is 48.5 Å². The lowest BCUT2D eigenvalue weighted by molar-refractivity contribution is -0.138. The lowest BCUT2D eigenvalue weighted by atomic mass is 9.86. The average Bonchev–Trinajstić information content (AvgIpc) is 2.57. The molecule has 1 atom stereocenters. The van der Waals surface area contributed by atoms with Crippen LogP contribution >= 0.6 is 0 Å². The van der Waals surface area contributed by atoms with Gasteiger partial charge in [-0.3, -0.25) is 4.79 Å². The van der Waals surface area contributed by atoms with E-state index in [1.807, 2.05) is 0 Å². The summed E-state index contributed by atoms with van der Waals surface area (Å²) in [6.45, 7) is 2.86. The van der Waals surface area contributed by atoms with Crippen LogP contribution in [0.4, 0.5) is 13.2 Å². The van der Waals surface area contributed by atoms with Crippen molar-refractivity contribution in [1.82, 2.24) is 0 Å². The first-order valence-corrected chi connectivity index (χ1v) is 7.64. The normalized spacial score (nSPS) is 12.9. The molecule has 0 spiro atoms. The maximum atomic E-state index is 12.9. The summed E-state index contributed by atoms with van der Waals surface area (Å²) >= 11 is 0. The molecule has 4 nitrogen and oxygen atoms in total. The number of alkyl halides is 3. The van der Waals surface area contributed by atoms with Crippen molar-refractivity contribution in [2.45, 2.75) is 31.5 Å². The molecule has 0 fully saturated rings. The van der Waals surface area contributed by atoms with Gasteiger partial charge in [0.1, 0.15) is 17.4 Å². The van der Waals surface area contributed by atoms with E-state index in [1.165, 1.54) is 44.2 Å². The van der Waals surface area contributed by atoms with Gasteiger partial charge in [-0.2, -0.15) is 18.4 Å². The zero-order chi connectivity index (χ0) is 19.5. The van der Waals surface area contributed by atoms with Gasteiger partial charge >= 0.3 is 6.18 Å². The molecule has 0 aromatic heterocycles. The lowest BCUT2D eigenvalue weighted by Crippen LogP contribution is -2.41.